The van der Waals surface area contributed by atoms with E-state index in [1.807, 2.05) is 16.7 Å². The number of benzene rings is 1. The van der Waals surface area contributed by atoms with Crippen LogP contribution in [-0.4, -0.2) is 25.4 Å². The summed E-state index contributed by atoms with van der Waals surface area (Å²) in [6.45, 7) is 10.8. The third-order valence-electron chi connectivity index (χ3n) is 5.76. The molecule has 0 saturated carbocycles. The molecular weight excluding hydrogens is 389 g/mol. The first-order valence-electron chi connectivity index (χ1n) is 10.6. The lowest BCUT2D eigenvalue weighted by atomic mass is 9.88. The highest BCUT2D eigenvalue weighted by molar-refractivity contribution is 5.80. The van der Waals surface area contributed by atoms with Crippen molar-refractivity contribution in [3.8, 4) is 22.6 Å². The maximum Gasteiger partial charge on any atom is 0.223 e. The molecule has 0 saturated heterocycles. The SMILES string of the molecule is CCc1ccn2c(-c3ccnc(NC(C)C(C)(C)C)n3)c(-c3ccc(F)cc3)nc2c1. The zero-order valence-corrected chi connectivity index (χ0v) is 18.6. The summed E-state index contributed by atoms with van der Waals surface area (Å²) >= 11 is 0. The lowest BCUT2D eigenvalue weighted by Crippen LogP contribution is -2.31. The van der Waals surface area contributed by atoms with Gasteiger partial charge in [-0.1, -0.05) is 27.7 Å². The predicted molar refractivity (Wildman–Crippen MR) is 124 cm³/mol. The second-order valence-corrected chi connectivity index (χ2v) is 8.93. The Kier molecular flexibility index (Phi) is 5.48. The molecule has 1 N–H and O–H groups in total. The van der Waals surface area contributed by atoms with E-state index in [1.165, 1.54) is 17.7 Å². The first-order chi connectivity index (χ1) is 14.8. The fourth-order valence-electron chi connectivity index (χ4n) is 3.33. The van der Waals surface area contributed by atoms with Crippen molar-refractivity contribution in [1.82, 2.24) is 19.4 Å². The highest BCUT2D eigenvalue weighted by Crippen LogP contribution is 2.33. The molecule has 160 valence electrons. The van der Waals surface area contributed by atoms with Gasteiger partial charge in [-0.05, 0) is 66.8 Å². The number of halogens is 1. The van der Waals surface area contributed by atoms with E-state index in [1.54, 1.807) is 18.3 Å². The van der Waals surface area contributed by atoms with E-state index in [0.29, 0.717) is 5.95 Å². The average Bonchev–Trinajstić information content (AvgIpc) is 3.12. The normalized spacial score (nSPS) is 12.8. The topological polar surface area (TPSA) is 55.1 Å². The van der Waals surface area contributed by atoms with Gasteiger partial charge >= 0.3 is 0 Å². The van der Waals surface area contributed by atoms with Crippen LogP contribution in [0.1, 0.15) is 40.2 Å². The molecule has 5 nitrogen and oxygen atoms in total. The summed E-state index contributed by atoms with van der Waals surface area (Å²) in [7, 11) is 0. The molecule has 3 aromatic heterocycles. The van der Waals surface area contributed by atoms with Gasteiger partial charge in [0.2, 0.25) is 5.95 Å². The Morgan fingerprint density at radius 1 is 1.06 bits per heavy atom. The zero-order chi connectivity index (χ0) is 22.2. The molecular formula is C25H28FN5. The molecule has 6 heteroatoms. The summed E-state index contributed by atoms with van der Waals surface area (Å²) in [4.78, 5) is 14.1. The maximum atomic E-state index is 13.5. The van der Waals surface area contributed by atoms with Crippen molar-refractivity contribution in [3.05, 3.63) is 66.2 Å². The van der Waals surface area contributed by atoms with Crippen LogP contribution in [0.3, 0.4) is 0 Å². The smallest absolute Gasteiger partial charge is 0.223 e. The van der Waals surface area contributed by atoms with Crippen molar-refractivity contribution < 1.29 is 4.39 Å². The molecule has 0 fully saturated rings. The van der Waals surface area contributed by atoms with Crippen molar-refractivity contribution in [2.45, 2.75) is 47.1 Å². The minimum Gasteiger partial charge on any atom is -0.351 e. The predicted octanol–water partition coefficient (Wildman–Crippen LogP) is 6.01. The summed E-state index contributed by atoms with van der Waals surface area (Å²) in [5.74, 6) is 0.303. The first-order valence-corrected chi connectivity index (χ1v) is 10.6. The Hall–Kier alpha value is -3.28. The van der Waals surface area contributed by atoms with Crippen LogP contribution >= 0.6 is 0 Å². The molecule has 0 spiro atoms. The summed E-state index contributed by atoms with van der Waals surface area (Å²) in [6, 6.07) is 12.7. The molecule has 4 aromatic rings. The molecule has 0 radical (unpaired) electrons. The van der Waals surface area contributed by atoms with Crippen molar-refractivity contribution >= 4 is 11.6 Å². The van der Waals surface area contributed by atoms with Crippen LogP contribution in [0.4, 0.5) is 10.3 Å². The fraction of sp³-hybridized carbons (Fsp3) is 0.320. The lowest BCUT2D eigenvalue weighted by molar-refractivity contribution is 0.358. The van der Waals surface area contributed by atoms with Gasteiger partial charge in [-0.3, -0.25) is 4.40 Å². The van der Waals surface area contributed by atoms with Crippen LogP contribution in [-0.2, 0) is 6.42 Å². The molecule has 0 bridgehead atoms. The highest BCUT2D eigenvalue weighted by Gasteiger charge is 2.22. The van der Waals surface area contributed by atoms with Gasteiger partial charge in [0.1, 0.15) is 11.5 Å². The van der Waals surface area contributed by atoms with E-state index >= 15 is 0 Å². The van der Waals surface area contributed by atoms with E-state index < -0.39 is 0 Å². The van der Waals surface area contributed by atoms with Crippen molar-refractivity contribution in [2.75, 3.05) is 5.32 Å². The number of imidazole rings is 1. The third kappa shape index (κ3) is 4.29. The number of pyridine rings is 1. The van der Waals surface area contributed by atoms with Crippen LogP contribution in [0.15, 0.2) is 54.9 Å². The Balaban J connectivity index is 1.87. The van der Waals surface area contributed by atoms with Crippen LogP contribution in [0.25, 0.3) is 28.3 Å². The van der Waals surface area contributed by atoms with Gasteiger partial charge in [0.25, 0.3) is 0 Å². The van der Waals surface area contributed by atoms with E-state index in [9.17, 15) is 4.39 Å². The van der Waals surface area contributed by atoms with Gasteiger partial charge in [-0.2, -0.15) is 0 Å². The minimum atomic E-state index is -0.271. The largest absolute Gasteiger partial charge is 0.351 e. The number of nitrogens with one attached hydrogen (secondary N) is 1. The highest BCUT2D eigenvalue weighted by atomic mass is 19.1. The maximum absolute atomic E-state index is 13.5. The Morgan fingerprint density at radius 2 is 1.81 bits per heavy atom. The Morgan fingerprint density at radius 3 is 2.48 bits per heavy atom. The van der Waals surface area contributed by atoms with E-state index in [0.717, 1.165) is 34.7 Å². The molecule has 1 unspecified atom stereocenters. The summed E-state index contributed by atoms with van der Waals surface area (Å²) < 4.78 is 15.6. The average molecular weight is 418 g/mol. The summed E-state index contributed by atoms with van der Waals surface area (Å²) in [5, 5.41) is 3.42. The number of aryl methyl sites for hydroxylation is 1. The van der Waals surface area contributed by atoms with Crippen molar-refractivity contribution in [1.29, 1.82) is 0 Å². The van der Waals surface area contributed by atoms with Gasteiger partial charge in [0, 0.05) is 24.0 Å². The summed E-state index contributed by atoms with van der Waals surface area (Å²) in [6.07, 6.45) is 4.71. The van der Waals surface area contributed by atoms with Crippen LogP contribution in [0, 0.1) is 11.2 Å². The fourth-order valence-corrected chi connectivity index (χ4v) is 3.33. The van der Waals surface area contributed by atoms with E-state index in [4.69, 9.17) is 9.97 Å². The third-order valence-corrected chi connectivity index (χ3v) is 5.76. The molecule has 1 atom stereocenters. The quantitative estimate of drug-likeness (QED) is 0.432. The van der Waals surface area contributed by atoms with Gasteiger partial charge in [0.05, 0.1) is 17.1 Å². The Bertz CT molecular complexity index is 1210. The van der Waals surface area contributed by atoms with Gasteiger partial charge in [0.15, 0.2) is 0 Å². The van der Waals surface area contributed by atoms with E-state index in [-0.39, 0.29) is 17.3 Å². The second kappa shape index (κ2) is 8.10. The summed E-state index contributed by atoms with van der Waals surface area (Å²) in [5.41, 5.74) is 5.34. The van der Waals surface area contributed by atoms with Crippen LogP contribution < -0.4 is 5.32 Å². The first kappa shape index (κ1) is 21.0. The molecule has 0 aliphatic rings. The standard InChI is InChI=1S/C25H28FN5/c1-6-17-12-14-31-21(15-17)30-22(18-7-9-19(26)10-8-18)23(31)20-11-13-27-24(29-20)28-16(2)25(3,4)5/h7-16H,6H2,1-5H3,(H,27,28,29). The molecule has 3 heterocycles. The van der Waals surface area contributed by atoms with Gasteiger partial charge < -0.3 is 5.32 Å². The molecule has 31 heavy (non-hydrogen) atoms. The van der Waals surface area contributed by atoms with E-state index in [2.05, 4.69) is 57.1 Å². The van der Waals surface area contributed by atoms with Crippen molar-refractivity contribution in [2.24, 2.45) is 5.41 Å². The Labute approximate surface area is 182 Å². The molecule has 0 aliphatic carbocycles. The molecule has 1 aromatic carbocycles. The molecule has 0 amide bonds. The number of aromatic nitrogens is 4. The number of fused-ring (bicyclic) bond motifs is 1. The number of hydrogen-bond acceptors (Lipinski definition) is 4. The lowest BCUT2D eigenvalue weighted by Gasteiger charge is -2.28. The van der Waals surface area contributed by atoms with Crippen LogP contribution in [0.5, 0.6) is 0 Å². The van der Waals surface area contributed by atoms with Gasteiger partial charge in [-0.25, -0.2) is 19.3 Å². The zero-order valence-electron chi connectivity index (χ0n) is 18.6. The van der Waals surface area contributed by atoms with Gasteiger partial charge in [-0.15, -0.1) is 0 Å². The minimum absolute atomic E-state index is 0.0680. The number of rotatable bonds is 5. The number of anilines is 1. The van der Waals surface area contributed by atoms with Crippen molar-refractivity contribution in [3.63, 3.8) is 0 Å². The monoisotopic (exact) mass is 417 g/mol. The van der Waals surface area contributed by atoms with Crippen LogP contribution in [0.2, 0.25) is 0 Å². The molecule has 4 rings (SSSR count). The molecule has 0 aliphatic heterocycles. The second-order valence-electron chi connectivity index (χ2n) is 8.93. The number of hydrogen-bond donors (Lipinski definition) is 1. The number of nitrogens with zero attached hydrogens (tertiary/aromatic N) is 4.